The van der Waals surface area contributed by atoms with Gasteiger partial charge < -0.3 is 19.9 Å². The van der Waals surface area contributed by atoms with Crippen molar-refractivity contribution in [2.75, 3.05) is 26.3 Å². The van der Waals surface area contributed by atoms with Gasteiger partial charge in [-0.05, 0) is 25.7 Å². The topological polar surface area (TPSA) is 105 Å². The summed E-state index contributed by atoms with van der Waals surface area (Å²) in [5.74, 6) is 0. The summed E-state index contributed by atoms with van der Waals surface area (Å²) in [4.78, 5) is 34.9. The maximum absolute atomic E-state index is 11.8. The van der Waals surface area contributed by atoms with Gasteiger partial charge in [0.15, 0.2) is 0 Å². The average Bonchev–Trinajstić information content (AvgIpc) is 3.03. The quantitative estimate of drug-likeness (QED) is 0.0755. The number of carboxylic acid groups (broad SMARTS) is 1. The largest absolute Gasteiger partial charge is 0.465 e. The Balaban J connectivity index is 0. The van der Waals surface area contributed by atoms with Gasteiger partial charge in [0.1, 0.15) is 0 Å². The van der Waals surface area contributed by atoms with Gasteiger partial charge in [0, 0.05) is 13.1 Å². The molecule has 8 heteroatoms. The van der Waals surface area contributed by atoms with Crippen molar-refractivity contribution in [2.45, 2.75) is 195 Å². The molecule has 0 saturated heterocycles. The molecule has 8 nitrogen and oxygen atoms in total. The first-order valence-corrected chi connectivity index (χ1v) is 19.0. The number of hydrogen-bond acceptors (Lipinski definition) is 5. The highest BCUT2D eigenvalue weighted by Gasteiger charge is 2.21. The second-order valence-electron chi connectivity index (χ2n) is 12.4. The van der Waals surface area contributed by atoms with Crippen molar-refractivity contribution in [1.29, 1.82) is 0 Å². The van der Waals surface area contributed by atoms with Crippen LogP contribution in [0, 0.1) is 0 Å². The molecule has 3 amide bonds. The smallest absolute Gasteiger partial charge is 0.419 e. The van der Waals surface area contributed by atoms with Crippen molar-refractivity contribution in [2.24, 2.45) is 0 Å². The second kappa shape index (κ2) is 38.2. The van der Waals surface area contributed by atoms with Gasteiger partial charge in [0.05, 0.1) is 13.2 Å². The molecule has 0 bridgehead atoms. The Kier molecular flexibility index (Phi) is 38.3. The summed E-state index contributed by atoms with van der Waals surface area (Å²) in [5.41, 5.74) is 0. The molecule has 0 aromatic rings. The van der Waals surface area contributed by atoms with Gasteiger partial charge in [-0.25, -0.2) is 19.3 Å². The highest BCUT2D eigenvalue weighted by atomic mass is 16.6. The molecule has 0 saturated carbocycles. The third-order valence-corrected chi connectivity index (χ3v) is 7.94. The van der Waals surface area contributed by atoms with Crippen molar-refractivity contribution in [1.82, 2.24) is 10.2 Å². The van der Waals surface area contributed by atoms with Crippen molar-refractivity contribution in [3.8, 4) is 0 Å². The van der Waals surface area contributed by atoms with Crippen LogP contribution in [0.1, 0.15) is 195 Å². The molecule has 0 spiro atoms. The number of rotatable bonds is 30. The Hall–Kier alpha value is -1.99. The lowest BCUT2D eigenvalue weighted by Crippen LogP contribution is -2.37. The van der Waals surface area contributed by atoms with Crippen LogP contribution in [-0.4, -0.2) is 54.6 Å². The number of unbranched alkanes of at least 4 members (excludes halogenated alkanes) is 22. The molecule has 0 unspecified atom stereocenters. The Labute approximate surface area is 278 Å². The van der Waals surface area contributed by atoms with E-state index in [-0.39, 0.29) is 12.6 Å². The first kappa shape index (κ1) is 45.1. The van der Waals surface area contributed by atoms with E-state index in [1.807, 2.05) is 6.92 Å². The maximum atomic E-state index is 11.8. The lowest BCUT2D eigenvalue weighted by atomic mass is 10.1. The fourth-order valence-corrected chi connectivity index (χ4v) is 4.98. The molecule has 0 aliphatic rings. The molecule has 45 heavy (non-hydrogen) atoms. The number of ether oxygens (including phenoxy) is 2. The molecular weight excluding hydrogens is 568 g/mol. The molecule has 0 aliphatic heterocycles. The molecule has 0 rings (SSSR count). The molecule has 0 aromatic carbocycles. The minimum Gasteiger partial charge on any atom is -0.465 e. The van der Waals surface area contributed by atoms with Crippen LogP contribution in [-0.2, 0) is 9.47 Å². The minimum absolute atomic E-state index is 0.222. The number of nitrogens with zero attached hydrogens (tertiary/aromatic N) is 1. The third kappa shape index (κ3) is 36.4. The molecule has 0 aliphatic carbocycles. The zero-order valence-corrected chi connectivity index (χ0v) is 30.1. The number of imide groups is 1. The van der Waals surface area contributed by atoms with Gasteiger partial charge in [-0.1, -0.05) is 169 Å². The number of alkyl carbamates (subject to hydrolysis) is 1. The summed E-state index contributed by atoms with van der Waals surface area (Å²) in [6.45, 7) is 10.5. The SMILES string of the molecule is CCCCCCCCCCCCOC(=O)N(CCCCC)C(=O)O.CCCCCCCCCCCCOC(=O)NCCCCC. The van der Waals surface area contributed by atoms with Gasteiger partial charge >= 0.3 is 18.3 Å². The normalized spacial score (nSPS) is 10.6. The van der Waals surface area contributed by atoms with Crippen LogP contribution in [0.25, 0.3) is 0 Å². The first-order chi connectivity index (χ1) is 21.9. The van der Waals surface area contributed by atoms with Crippen LogP contribution in [0.2, 0.25) is 0 Å². The van der Waals surface area contributed by atoms with E-state index >= 15 is 0 Å². The van der Waals surface area contributed by atoms with E-state index in [9.17, 15) is 14.4 Å². The maximum Gasteiger partial charge on any atom is 0.419 e. The van der Waals surface area contributed by atoms with Crippen LogP contribution in [0.3, 0.4) is 0 Å². The van der Waals surface area contributed by atoms with Crippen LogP contribution in [0.5, 0.6) is 0 Å². The van der Waals surface area contributed by atoms with Crippen molar-refractivity contribution in [3.63, 3.8) is 0 Å². The summed E-state index contributed by atoms with van der Waals surface area (Å²) in [7, 11) is 0. The van der Waals surface area contributed by atoms with Crippen LogP contribution in [0.4, 0.5) is 14.4 Å². The van der Waals surface area contributed by atoms with E-state index in [0.717, 1.165) is 56.4 Å². The summed E-state index contributed by atoms with van der Waals surface area (Å²) < 4.78 is 10.2. The van der Waals surface area contributed by atoms with Gasteiger partial charge in [-0.3, -0.25) is 0 Å². The number of hydrogen-bond donors (Lipinski definition) is 2. The number of carbonyl (C=O) groups is 3. The van der Waals surface area contributed by atoms with Crippen LogP contribution < -0.4 is 5.32 Å². The average molecular weight is 643 g/mol. The number of nitrogens with one attached hydrogen (secondary N) is 1. The van der Waals surface area contributed by atoms with E-state index in [0.29, 0.717) is 19.6 Å². The molecule has 0 heterocycles. The predicted molar refractivity (Wildman–Crippen MR) is 188 cm³/mol. The lowest BCUT2D eigenvalue weighted by molar-refractivity contribution is 0.0924. The number of amides is 3. The van der Waals surface area contributed by atoms with Crippen molar-refractivity contribution < 1.29 is 29.0 Å². The highest BCUT2D eigenvalue weighted by Crippen LogP contribution is 2.12. The standard InChI is InChI=1S/C19H37NO4.C18H37NO2/c1-3-5-7-8-9-10-11-12-13-15-17-24-19(23)20(18(21)22)16-14-6-4-2;1-3-5-7-8-9-10-11-12-13-15-17-21-18(20)19-16-14-6-4-2/h3-17H2,1-2H3,(H,21,22);3-17H2,1-2H3,(H,19,20). The van der Waals surface area contributed by atoms with E-state index < -0.39 is 12.2 Å². The molecule has 0 radical (unpaired) electrons. The summed E-state index contributed by atoms with van der Waals surface area (Å²) in [5, 5.41) is 11.8. The van der Waals surface area contributed by atoms with E-state index in [1.165, 1.54) is 116 Å². The van der Waals surface area contributed by atoms with Gasteiger partial charge in [-0.15, -0.1) is 0 Å². The Morgan fingerprint density at radius 1 is 0.489 bits per heavy atom. The Morgan fingerprint density at radius 2 is 0.844 bits per heavy atom. The number of carbonyl (C=O) groups excluding carboxylic acids is 2. The molecule has 0 aromatic heterocycles. The summed E-state index contributed by atoms with van der Waals surface area (Å²) in [6.07, 6.45) is 29.0. The monoisotopic (exact) mass is 643 g/mol. The zero-order chi connectivity index (χ0) is 33.6. The summed E-state index contributed by atoms with van der Waals surface area (Å²) in [6, 6.07) is 0. The predicted octanol–water partition coefficient (Wildman–Crippen LogP) is 12.0. The lowest BCUT2D eigenvalue weighted by Gasteiger charge is -2.16. The van der Waals surface area contributed by atoms with Crippen molar-refractivity contribution >= 4 is 18.3 Å². The molecule has 0 fully saturated rings. The van der Waals surface area contributed by atoms with Gasteiger partial charge in [0.2, 0.25) is 0 Å². The van der Waals surface area contributed by atoms with E-state index in [2.05, 4.69) is 26.1 Å². The van der Waals surface area contributed by atoms with Crippen LogP contribution >= 0.6 is 0 Å². The highest BCUT2D eigenvalue weighted by molar-refractivity contribution is 5.86. The fraction of sp³-hybridized carbons (Fsp3) is 0.919. The van der Waals surface area contributed by atoms with Crippen molar-refractivity contribution in [3.05, 3.63) is 0 Å². The van der Waals surface area contributed by atoms with Gasteiger partial charge in [0.25, 0.3) is 0 Å². The third-order valence-electron chi connectivity index (χ3n) is 7.94. The Morgan fingerprint density at radius 3 is 1.27 bits per heavy atom. The van der Waals surface area contributed by atoms with Gasteiger partial charge in [-0.2, -0.15) is 0 Å². The molecule has 268 valence electrons. The molecule has 0 atom stereocenters. The minimum atomic E-state index is -1.22. The van der Waals surface area contributed by atoms with Crippen LogP contribution in [0.15, 0.2) is 0 Å². The summed E-state index contributed by atoms with van der Waals surface area (Å²) >= 11 is 0. The zero-order valence-electron chi connectivity index (χ0n) is 30.1. The fourth-order valence-electron chi connectivity index (χ4n) is 4.98. The van der Waals surface area contributed by atoms with E-state index in [1.54, 1.807) is 0 Å². The van der Waals surface area contributed by atoms with E-state index in [4.69, 9.17) is 14.6 Å². The first-order valence-electron chi connectivity index (χ1n) is 19.0. The second-order valence-corrected chi connectivity index (χ2v) is 12.4. The molecular formula is C37H74N2O6. The molecule has 2 N–H and O–H groups in total. The Bertz CT molecular complexity index is 646.